The summed E-state index contributed by atoms with van der Waals surface area (Å²) in [6, 6.07) is 3.22. The number of hydrogen-bond acceptors (Lipinski definition) is 6. The van der Waals surface area contributed by atoms with Gasteiger partial charge in [-0.05, 0) is 32.0 Å². The summed E-state index contributed by atoms with van der Waals surface area (Å²) < 4.78 is 46.3. The van der Waals surface area contributed by atoms with E-state index in [1.807, 2.05) is 6.92 Å². The summed E-state index contributed by atoms with van der Waals surface area (Å²) in [7, 11) is -4.06. The van der Waals surface area contributed by atoms with E-state index in [2.05, 4.69) is 15.3 Å². The quantitative estimate of drug-likeness (QED) is 0.656. The van der Waals surface area contributed by atoms with Crippen LogP contribution < -0.4 is 5.32 Å². The standard InChI is InChI=1S/C19H21FN4O4S/c1-5-24(6-2)29(26,27)15-9-13(7-8-14(15)20)18(25)23-17-16-11(3)12(4)28-19(16)22-10-21-17/h7-10H,5-6H2,1-4H3,(H,21,22,23,25). The maximum absolute atomic E-state index is 14.3. The minimum Gasteiger partial charge on any atom is -0.443 e. The Balaban J connectivity index is 2.00. The average Bonchev–Trinajstić information content (AvgIpc) is 2.97. The molecule has 0 aliphatic carbocycles. The fourth-order valence-corrected chi connectivity index (χ4v) is 4.55. The Bertz CT molecular complexity index is 1190. The summed E-state index contributed by atoms with van der Waals surface area (Å²) in [5.41, 5.74) is 1.09. The second-order valence-corrected chi connectivity index (χ2v) is 8.28. The summed E-state index contributed by atoms with van der Waals surface area (Å²) in [5.74, 6) is -0.671. The fraction of sp³-hybridized carbons (Fsp3) is 0.316. The van der Waals surface area contributed by atoms with Gasteiger partial charge in [0.25, 0.3) is 5.91 Å². The van der Waals surface area contributed by atoms with Gasteiger partial charge in [-0.3, -0.25) is 4.79 Å². The van der Waals surface area contributed by atoms with Crippen LogP contribution in [0.15, 0.2) is 33.8 Å². The Morgan fingerprint density at radius 2 is 1.90 bits per heavy atom. The van der Waals surface area contributed by atoms with Crippen molar-refractivity contribution in [1.29, 1.82) is 0 Å². The molecule has 3 aromatic rings. The Labute approximate surface area is 167 Å². The van der Waals surface area contributed by atoms with Crippen LogP contribution in [0.25, 0.3) is 11.1 Å². The van der Waals surface area contributed by atoms with Crippen LogP contribution in [0, 0.1) is 19.7 Å². The Kier molecular flexibility index (Phi) is 5.67. The predicted molar refractivity (Wildman–Crippen MR) is 106 cm³/mol. The number of amides is 1. The number of carbonyl (C=O) groups is 1. The highest BCUT2D eigenvalue weighted by Gasteiger charge is 2.26. The van der Waals surface area contributed by atoms with Gasteiger partial charge in [0.2, 0.25) is 15.7 Å². The molecule has 3 rings (SSSR count). The number of hydrogen-bond donors (Lipinski definition) is 1. The molecule has 2 aromatic heterocycles. The Morgan fingerprint density at radius 3 is 2.55 bits per heavy atom. The van der Waals surface area contributed by atoms with Crippen molar-refractivity contribution in [3.05, 3.63) is 47.2 Å². The molecule has 154 valence electrons. The molecule has 0 aliphatic rings. The topological polar surface area (TPSA) is 105 Å². The molecule has 0 unspecified atom stereocenters. The molecule has 10 heteroatoms. The fourth-order valence-electron chi connectivity index (χ4n) is 3.00. The minimum absolute atomic E-state index is 0.0123. The molecule has 0 radical (unpaired) electrons. The zero-order valence-electron chi connectivity index (χ0n) is 16.5. The molecule has 1 aromatic carbocycles. The van der Waals surface area contributed by atoms with Gasteiger partial charge in [0.1, 0.15) is 28.6 Å². The second-order valence-electron chi connectivity index (χ2n) is 6.37. The first-order chi connectivity index (χ1) is 13.7. The third-order valence-corrected chi connectivity index (χ3v) is 6.78. The van der Waals surface area contributed by atoms with E-state index < -0.39 is 26.6 Å². The molecule has 29 heavy (non-hydrogen) atoms. The highest BCUT2D eigenvalue weighted by molar-refractivity contribution is 7.89. The zero-order chi connectivity index (χ0) is 21.3. The number of anilines is 1. The number of nitrogens with one attached hydrogen (secondary N) is 1. The molecular formula is C19H21FN4O4S. The lowest BCUT2D eigenvalue weighted by molar-refractivity contribution is 0.102. The number of aromatic nitrogens is 2. The number of nitrogens with zero attached hydrogens (tertiary/aromatic N) is 3. The van der Waals surface area contributed by atoms with Crippen molar-refractivity contribution in [1.82, 2.24) is 14.3 Å². The van der Waals surface area contributed by atoms with E-state index in [9.17, 15) is 17.6 Å². The number of benzene rings is 1. The van der Waals surface area contributed by atoms with Crippen LogP contribution in [0.5, 0.6) is 0 Å². The first kappa shape index (κ1) is 20.9. The molecular weight excluding hydrogens is 399 g/mol. The lowest BCUT2D eigenvalue weighted by Crippen LogP contribution is -2.31. The molecule has 0 saturated heterocycles. The highest BCUT2D eigenvalue weighted by atomic mass is 32.2. The largest absolute Gasteiger partial charge is 0.443 e. The van der Waals surface area contributed by atoms with Gasteiger partial charge in [0.15, 0.2) is 0 Å². The molecule has 1 amide bonds. The van der Waals surface area contributed by atoms with Crippen LogP contribution in [-0.2, 0) is 10.0 Å². The maximum Gasteiger partial charge on any atom is 0.256 e. The van der Waals surface area contributed by atoms with E-state index in [0.29, 0.717) is 16.9 Å². The van der Waals surface area contributed by atoms with Crippen molar-refractivity contribution in [2.75, 3.05) is 18.4 Å². The van der Waals surface area contributed by atoms with Crippen LogP contribution >= 0.6 is 0 Å². The lowest BCUT2D eigenvalue weighted by atomic mass is 10.2. The maximum atomic E-state index is 14.3. The first-order valence-corrected chi connectivity index (χ1v) is 10.5. The summed E-state index contributed by atoms with van der Waals surface area (Å²) in [4.78, 5) is 20.3. The molecule has 2 heterocycles. The molecule has 8 nitrogen and oxygen atoms in total. The summed E-state index contributed by atoms with van der Waals surface area (Å²) >= 11 is 0. The van der Waals surface area contributed by atoms with Gasteiger partial charge in [0, 0.05) is 24.2 Å². The minimum atomic E-state index is -4.06. The predicted octanol–water partition coefficient (Wildman–Crippen LogP) is 3.26. The van der Waals surface area contributed by atoms with E-state index in [0.717, 1.165) is 22.0 Å². The van der Waals surface area contributed by atoms with Gasteiger partial charge in [-0.2, -0.15) is 4.31 Å². The SMILES string of the molecule is CCN(CC)S(=O)(=O)c1cc(C(=O)Nc2ncnc3oc(C)c(C)c23)ccc1F. The van der Waals surface area contributed by atoms with Crippen molar-refractivity contribution in [2.24, 2.45) is 0 Å². The van der Waals surface area contributed by atoms with Crippen LogP contribution in [0.2, 0.25) is 0 Å². The molecule has 1 N–H and O–H groups in total. The van der Waals surface area contributed by atoms with E-state index in [1.165, 1.54) is 12.4 Å². The van der Waals surface area contributed by atoms with Crippen molar-refractivity contribution < 1.29 is 22.0 Å². The van der Waals surface area contributed by atoms with E-state index in [4.69, 9.17) is 4.42 Å². The Morgan fingerprint density at radius 1 is 1.21 bits per heavy atom. The molecule has 0 fully saturated rings. The number of halogens is 1. The van der Waals surface area contributed by atoms with Gasteiger partial charge >= 0.3 is 0 Å². The van der Waals surface area contributed by atoms with Gasteiger partial charge in [-0.25, -0.2) is 22.8 Å². The van der Waals surface area contributed by atoms with Crippen LogP contribution in [0.3, 0.4) is 0 Å². The molecule has 0 spiro atoms. The number of carbonyl (C=O) groups excluding carboxylic acids is 1. The average molecular weight is 420 g/mol. The van der Waals surface area contributed by atoms with Gasteiger partial charge in [0.05, 0.1) is 5.39 Å². The van der Waals surface area contributed by atoms with Crippen molar-refractivity contribution >= 4 is 32.8 Å². The second kappa shape index (κ2) is 7.88. The zero-order valence-corrected chi connectivity index (χ0v) is 17.3. The van der Waals surface area contributed by atoms with Gasteiger partial charge in [-0.15, -0.1) is 0 Å². The molecule has 0 bridgehead atoms. The van der Waals surface area contributed by atoms with Crippen LogP contribution in [-0.4, -0.2) is 41.7 Å². The third kappa shape index (κ3) is 3.73. The van der Waals surface area contributed by atoms with E-state index in [1.54, 1.807) is 20.8 Å². The van der Waals surface area contributed by atoms with Gasteiger partial charge < -0.3 is 9.73 Å². The number of aryl methyl sites for hydroxylation is 2. The van der Waals surface area contributed by atoms with E-state index in [-0.39, 0.29) is 24.5 Å². The lowest BCUT2D eigenvalue weighted by Gasteiger charge is -2.19. The number of furan rings is 1. The normalized spacial score (nSPS) is 11.9. The Hall–Kier alpha value is -2.85. The van der Waals surface area contributed by atoms with Crippen LogP contribution in [0.1, 0.15) is 35.5 Å². The summed E-state index contributed by atoms with van der Waals surface area (Å²) in [5, 5.41) is 3.18. The number of fused-ring (bicyclic) bond motifs is 1. The monoisotopic (exact) mass is 420 g/mol. The highest BCUT2D eigenvalue weighted by Crippen LogP contribution is 2.28. The number of sulfonamides is 1. The van der Waals surface area contributed by atoms with Crippen molar-refractivity contribution in [3.8, 4) is 0 Å². The number of rotatable bonds is 6. The van der Waals surface area contributed by atoms with Gasteiger partial charge in [-0.1, -0.05) is 13.8 Å². The van der Waals surface area contributed by atoms with E-state index >= 15 is 0 Å². The molecule has 0 atom stereocenters. The van der Waals surface area contributed by atoms with Crippen LogP contribution in [0.4, 0.5) is 10.2 Å². The summed E-state index contributed by atoms with van der Waals surface area (Å²) in [6.45, 7) is 7.27. The smallest absolute Gasteiger partial charge is 0.256 e. The summed E-state index contributed by atoms with van der Waals surface area (Å²) in [6.07, 6.45) is 1.25. The first-order valence-electron chi connectivity index (χ1n) is 9.02. The molecule has 0 saturated carbocycles. The van der Waals surface area contributed by atoms with Crippen molar-refractivity contribution in [3.63, 3.8) is 0 Å². The van der Waals surface area contributed by atoms with Crippen molar-refractivity contribution in [2.45, 2.75) is 32.6 Å². The molecule has 0 aliphatic heterocycles. The third-order valence-electron chi connectivity index (χ3n) is 4.71.